The smallest absolute Gasteiger partial charge is 0.160 e. The summed E-state index contributed by atoms with van der Waals surface area (Å²) < 4.78 is 5.08. The number of nitrogens with zero attached hydrogens (tertiary/aromatic N) is 2. The Morgan fingerprint density at radius 1 is 0.885 bits per heavy atom. The molecule has 0 saturated heterocycles. The van der Waals surface area contributed by atoms with Crippen LogP contribution >= 0.6 is 0 Å². The molecule has 0 spiro atoms. The minimum absolute atomic E-state index is 0.106. The van der Waals surface area contributed by atoms with E-state index in [1.54, 1.807) is 18.3 Å². The fourth-order valence-electron chi connectivity index (χ4n) is 2.66. The Kier molecular flexibility index (Phi) is 5.88. The summed E-state index contributed by atoms with van der Waals surface area (Å²) in [6.45, 7) is 1.41. The van der Waals surface area contributed by atoms with Crippen molar-refractivity contribution < 1.29 is 9.84 Å². The Labute approximate surface area is 154 Å². The Hall–Kier alpha value is -3.27. The van der Waals surface area contributed by atoms with Crippen LogP contribution in [0.5, 0.6) is 11.5 Å². The summed E-state index contributed by atoms with van der Waals surface area (Å²) in [5.74, 6) is 0.557. The van der Waals surface area contributed by atoms with Crippen LogP contribution in [-0.2, 0) is 13.1 Å². The van der Waals surface area contributed by atoms with Gasteiger partial charge in [0.2, 0.25) is 0 Å². The average Bonchev–Trinajstić information content (AvgIpc) is 2.68. The molecular formula is C22H22N2O2. The van der Waals surface area contributed by atoms with Crippen molar-refractivity contribution in [2.24, 2.45) is 5.10 Å². The number of hydrogen-bond acceptors (Lipinski definition) is 4. The zero-order valence-corrected chi connectivity index (χ0v) is 14.7. The SMILES string of the molecule is COc1ccc(/C=N\N(Cc2ccccc2)Cc2ccccc2)cc1O. The van der Waals surface area contributed by atoms with Gasteiger partial charge in [0.25, 0.3) is 0 Å². The molecule has 0 saturated carbocycles. The van der Waals surface area contributed by atoms with Gasteiger partial charge in [0.1, 0.15) is 0 Å². The number of phenolic OH excluding ortho intramolecular Hbond substituents is 1. The second-order valence-corrected chi connectivity index (χ2v) is 5.97. The highest BCUT2D eigenvalue weighted by Gasteiger charge is 2.05. The van der Waals surface area contributed by atoms with Gasteiger partial charge in [0.05, 0.1) is 26.4 Å². The highest BCUT2D eigenvalue weighted by molar-refractivity contribution is 5.80. The molecule has 0 aromatic heterocycles. The maximum atomic E-state index is 9.93. The molecule has 0 amide bonds. The number of rotatable bonds is 7. The number of methoxy groups -OCH3 is 1. The van der Waals surface area contributed by atoms with E-state index in [0.717, 1.165) is 5.56 Å². The molecule has 3 rings (SSSR count). The Morgan fingerprint density at radius 2 is 1.46 bits per heavy atom. The first kappa shape index (κ1) is 17.5. The molecule has 0 fully saturated rings. The van der Waals surface area contributed by atoms with Gasteiger partial charge in [-0.15, -0.1) is 0 Å². The van der Waals surface area contributed by atoms with Crippen molar-refractivity contribution in [3.05, 3.63) is 95.6 Å². The van der Waals surface area contributed by atoms with Gasteiger partial charge in [0, 0.05) is 0 Å². The molecule has 1 N–H and O–H groups in total. The molecule has 132 valence electrons. The summed E-state index contributed by atoms with van der Waals surface area (Å²) in [6.07, 6.45) is 1.76. The van der Waals surface area contributed by atoms with E-state index in [1.165, 1.54) is 18.2 Å². The molecule has 4 heteroatoms. The maximum Gasteiger partial charge on any atom is 0.160 e. The first-order chi connectivity index (χ1) is 12.7. The van der Waals surface area contributed by atoms with Crippen molar-refractivity contribution in [3.63, 3.8) is 0 Å². The van der Waals surface area contributed by atoms with E-state index in [1.807, 2.05) is 47.5 Å². The molecule has 3 aromatic carbocycles. The van der Waals surface area contributed by atoms with Crippen molar-refractivity contribution in [2.45, 2.75) is 13.1 Å². The van der Waals surface area contributed by atoms with Gasteiger partial charge in [-0.3, -0.25) is 5.01 Å². The Morgan fingerprint density at radius 3 is 1.96 bits per heavy atom. The van der Waals surface area contributed by atoms with Gasteiger partial charge in [-0.05, 0) is 34.9 Å². The lowest BCUT2D eigenvalue weighted by Gasteiger charge is -2.19. The lowest BCUT2D eigenvalue weighted by atomic mass is 10.2. The van der Waals surface area contributed by atoms with Gasteiger partial charge < -0.3 is 9.84 Å². The third kappa shape index (κ3) is 4.86. The fraction of sp³-hybridized carbons (Fsp3) is 0.136. The number of aromatic hydroxyl groups is 1. The molecule has 0 heterocycles. The predicted molar refractivity (Wildman–Crippen MR) is 104 cm³/mol. The fourth-order valence-corrected chi connectivity index (χ4v) is 2.66. The summed E-state index contributed by atoms with van der Waals surface area (Å²) >= 11 is 0. The molecule has 3 aromatic rings. The van der Waals surface area contributed by atoms with Crippen LogP contribution in [0.3, 0.4) is 0 Å². The van der Waals surface area contributed by atoms with Crippen LogP contribution in [0.25, 0.3) is 0 Å². The first-order valence-corrected chi connectivity index (χ1v) is 8.48. The molecule has 0 unspecified atom stereocenters. The summed E-state index contributed by atoms with van der Waals surface area (Å²) in [5, 5.41) is 16.6. The van der Waals surface area contributed by atoms with Crippen molar-refractivity contribution in [3.8, 4) is 11.5 Å². The number of ether oxygens (including phenoxy) is 1. The second-order valence-electron chi connectivity index (χ2n) is 5.97. The summed E-state index contributed by atoms with van der Waals surface area (Å²) in [7, 11) is 1.53. The molecule has 4 nitrogen and oxygen atoms in total. The number of hydrogen-bond donors (Lipinski definition) is 1. The minimum atomic E-state index is 0.106. The molecule has 0 aliphatic heterocycles. The van der Waals surface area contributed by atoms with E-state index in [-0.39, 0.29) is 5.75 Å². The van der Waals surface area contributed by atoms with Gasteiger partial charge >= 0.3 is 0 Å². The molecular weight excluding hydrogens is 324 g/mol. The standard InChI is InChI=1S/C22H22N2O2/c1-26-22-13-12-20(14-21(22)25)15-23-24(16-18-8-4-2-5-9-18)17-19-10-6-3-7-11-19/h2-15,25H,16-17H2,1H3/b23-15-. The maximum absolute atomic E-state index is 9.93. The molecule has 0 atom stereocenters. The van der Waals surface area contributed by atoms with Crippen LogP contribution in [0, 0.1) is 0 Å². The van der Waals surface area contributed by atoms with Gasteiger partial charge in [-0.1, -0.05) is 60.7 Å². The molecule has 0 aliphatic carbocycles. The molecule has 0 radical (unpaired) electrons. The summed E-state index contributed by atoms with van der Waals surface area (Å²) in [4.78, 5) is 0. The van der Waals surface area contributed by atoms with E-state index in [4.69, 9.17) is 4.74 Å². The highest BCUT2D eigenvalue weighted by atomic mass is 16.5. The highest BCUT2D eigenvalue weighted by Crippen LogP contribution is 2.25. The number of phenols is 1. The molecule has 0 aliphatic rings. The van der Waals surface area contributed by atoms with Crippen LogP contribution in [0.4, 0.5) is 0 Å². The molecule has 0 bridgehead atoms. The van der Waals surface area contributed by atoms with Gasteiger partial charge in [0.15, 0.2) is 11.5 Å². The topological polar surface area (TPSA) is 45.1 Å². The van der Waals surface area contributed by atoms with Crippen molar-refractivity contribution in [1.82, 2.24) is 5.01 Å². The van der Waals surface area contributed by atoms with Crippen LogP contribution < -0.4 is 4.74 Å². The van der Waals surface area contributed by atoms with E-state index < -0.39 is 0 Å². The number of benzene rings is 3. The van der Waals surface area contributed by atoms with E-state index in [0.29, 0.717) is 18.8 Å². The van der Waals surface area contributed by atoms with E-state index in [9.17, 15) is 5.11 Å². The zero-order valence-electron chi connectivity index (χ0n) is 14.7. The largest absolute Gasteiger partial charge is 0.504 e. The normalized spacial score (nSPS) is 10.8. The van der Waals surface area contributed by atoms with E-state index in [2.05, 4.69) is 29.4 Å². The van der Waals surface area contributed by atoms with E-state index >= 15 is 0 Å². The monoisotopic (exact) mass is 346 g/mol. The summed E-state index contributed by atoms with van der Waals surface area (Å²) in [5.41, 5.74) is 3.20. The second kappa shape index (κ2) is 8.72. The third-order valence-electron chi connectivity index (χ3n) is 3.99. The third-order valence-corrected chi connectivity index (χ3v) is 3.99. The lowest BCUT2D eigenvalue weighted by Crippen LogP contribution is -2.17. The average molecular weight is 346 g/mol. The Balaban J connectivity index is 1.79. The number of hydrazone groups is 1. The predicted octanol–water partition coefficient (Wildman–Crippen LogP) is 4.44. The summed E-state index contributed by atoms with van der Waals surface area (Å²) in [6, 6.07) is 25.7. The van der Waals surface area contributed by atoms with Gasteiger partial charge in [-0.25, -0.2) is 0 Å². The van der Waals surface area contributed by atoms with Crippen LogP contribution in [0.15, 0.2) is 84.0 Å². The Bertz CT molecular complexity index is 807. The van der Waals surface area contributed by atoms with Crippen LogP contribution in [0.2, 0.25) is 0 Å². The van der Waals surface area contributed by atoms with Crippen molar-refractivity contribution >= 4 is 6.21 Å². The van der Waals surface area contributed by atoms with Crippen LogP contribution in [-0.4, -0.2) is 23.4 Å². The van der Waals surface area contributed by atoms with Crippen molar-refractivity contribution in [1.29, 1.82) is 0 Å². The first-order valence-electron chi connectivity index (χ1n) is 8.48. The lowest BCUT2D eigenvalue weighted by molar-refractivity contribution is 0.272. The van der Waals surface area contributed by atoms with Crippen LogP contribution in [0.1, 0.15) is 16.7 Å². The molecule has 26 heavy (non-hydrogen) atoms. The van der Waals surface area contributed by atoms with Gasteiger partial charge in [-0.2, -0.15) is 5.10 Å². The van der Waals surface area contributed by atoms with Crippen molar-refractivity contribution in [2.75, 3.05) is 7.11 Å². The minimum Gasteiger partial charge on any atom is -0.504 e. The zero-order chi connectivity index (χ0) is 18.2. The quantitative estimate of drug-likeness (QED) is 0.508.